The lowest BCUT2D eigenvalue weighted by molar-refractivity contribution is 0.232. The smallest absolute Gasteiger partial charge is 0.319 e. The number of para-hydroxylation sites is 2. The molecular weight excluding hydrogens is 324 g/mol. The Hall–Kier alpha value is -3.27. The van der Waals surface area contributed by atoms with Crippen LogP contribution in [-0.2, 0) is 0 Å². The highest BCUT2D eigenvalue weighted by Crippen LogP contribution is 2.32. The first-order chi connectivity index (χ1) is 12.8. The lowest BCUT2D eigenvalue weighted by Crippen LogP contribution is -2.35. The number of carbonyl (C=O) groups excluding carboxylic acids is 1. The van der Waals surface area contributed by atoms with Crippen molar-refractivity contribution in [1.82, 2.24) is 5.32 Å². The van der Waals surface area contributed by atoms with Crippen LogP contribution in [0.15, 0.2) is 78.9 Å². The number of amides is 2. The van der Waals surface area contributed by atoms with Gasteiger partial charge in [-0.15, -0.1) is 0 Å². The quantitative estimate of drug-likeness (QED) is 0.702. The average Bonchev–Trinajstić information content (AvgIpc) is 2.69. The Kier molecular flexibility index (Phi) is 4.56. The zero-order valence-electron chi connectivity index (χ0n) is 14.3. The number of ether oxygens (including phenoxy) is 1. The first kappa shape index (κ1) is 16.2. The zero-order chi connectivity index (χ0) is 17.8. The summed E-state index contributed by atoms with van der Waals surface area (Å²) in [6, 6.07) is 25.4. The van der Waals surface area contributed by atoms with Crippen LogP contribution >= 0.6 is 0 Å². The molecule has 0 bridgehead atoms. The Morgan fingerprint density at radius 1 is 0.885 bits per heavy atom. The molecule has 0 saturated carbocycles. The fourth-order valence-electron chi connectivity index (χ4n) is 3.27. The van der Waals surface area contributed by atoms with Crippen molar-refractivity contribution in [3.63, 3.8) is 0 Å². The predicted molar refractivity (Wildman–Crippen MR) is 103 cm³/mol. The Bertz CT molecular complexity index is 909. The number of nitrogens with one attached hydrogen (secondary N) is 2. The van der Waals surface area contributed by atoms with Crippen molar-refractivity contribution in [2.75, 3.05) is 11.9 Å². The second kappa shape index (κ2) is 7.31. The number of hydrogen-bond donors (Lipinski definition) is 2. The molecule has 130 valence electrons. The molecule has 1 atom stereocenters. The maximum absolute atomic E-state index is 12.6. The molecule has 3 aromatic rings. The predicted octanol–water partition coefficient (Wildman–Crippen LogP) is 5.00. The molecule has 1 aliphatic rings. The first-order valence-electron chi connectivity index (χ1n) is 8.75. The van der Waals surface area contributed by atoms with E-state index in [4.69, 9.17) is 4.74 Å². The summed E-state index contributed by atoms with van der Waals surface area (Å²) in [7, 11) is 0. The van der Waals surface area contributed by atoms with Crippen molar-refractivity contribution in [3.05, 3.63) is 84.4 Å². The molecule has 1 aliphatic heterocycles. The summed E-state index contributed by atoms with van der Waals surface area (Å²) in [6.45, 7) is 0.600. The lowest BCUT2D eigenvalue weighted by Gasteiger charge is -2.26. The van der Waals surface area contributed by atoms with Crippen LogP contribution in [0.1, 0.15) is 18.0 Å². The van der Waals surface area contributed by atoms with Gasteiger partial charge >= 0.3 is 6.03 Å². The summed E-state index contributed by atoms with van der Waals surface area (Å²) in [5.74, 6) is 0.841. The molecule has 4 rings (SSSR count). The van der Waals surface area contributed by atoms with Crippen LogP contribution in [0, 0.1) is 0 Å². The number of urea groups is 1. The van der Waals surface area contributed by atoms with Crippen molar-refractivity contribution in [2.45, 2.75) is 12.5 Å². The van der Waals surface area contributed by atoms with Gasteiger partial charge in [-0.3, -0.25) is 0 Å². The molecule has 0 aromatic heterocycles. The van der Waals surface area contributed by atoms with Gasteiger partial charge in [0, 0.05) is 17.5 Å². The molecule has 0 radical (unpaired) electrons. The van der Waals surface area contributed by atoms with E-state index in [1.807, 2.05) is 78.9 Å². The highest BCUT2D eigenvalue weighted by atomic mass is 16.5. The van der Waals surface area contributed by atoms with Gasteiger partial charge in [0.2, 0.25) is 0 Å². The SMILES string of the molecule is O=C(Nc1ccccc1-c1ccccc1)NC1CCOc2ccccc21. The third-order valence-electron chi connectivity index (χ3n) is 4.52. The highest BCUT2D eigenvalue weighted by Gasteiger charge is 2.22. The number of anilines is 1. The van der Waals surface area contributed by atoms with Crippen molar-refractivity contribution >= 4 is 11.7 Å². The maximum atomic E-state index is 12.6. The van der Waals surface area contributed by atoms with E-state index in [0.717, 1.165) is 34.5 Å². The van der Waals surface area contributed by atoms with Gasteiger partial charge in [0.25, 0.3) is 0 Å². The molecule has 0 saturated heterocycles. The van der Waals surface area contributed by atoms with Gasteiger partial charge < -0.3 is 15.4 Å². The molecule has 1 unspecified atom stereocenters. The minimum atomic E-state index is -0.213. The third-order valence-corrected chi connectivity index (χ3v) is 4.52. The standard InChI is InChI=1S/C22H20N2O2/c25-22(24-20-14-15-26-21-13-7-5-11-18(20)21)23-19-12-6-4-10-17(19)16-8-2-1-3-9-16/h1-13,20H,14-15H2,(H2,23,24,25). The van der Waals surface area contributed by atoms with Gasteiger partial charge in [-0.1, -0.05) is 66.7 Å². The summed E-state index contributed by atoms with van der Waals surface area (Å²) in [5.41, 5.74) is 3.87. The van der Waals surface area contributed by atoms with Crippen LogP contribution in [0.3, 0.4) is 0 Å². The molecule has 0 aliphatic carbocycles. The summed E-state index contributed by atoms with van der Waals surface area (Å²) < 4.78 is 5.66. The summed E-state index contributed by atoms with van der Waals surface area (Å²) in [5, 5.41) is 6.07. The van der Waals surface area contributed by atoms with Gasteiger partial charge in [-0.25, -0.2) is 4.79 Å². The molecule has 26 heavy (non-hydrogen) atoms. The van der Waals surface area contributed by atoms with Crippen LogP contribution in [0.5, 0.6) is 5.75 Å². The first-order valence-corrected chi connectivity index (χ1v) is 8.75. The Morgan fingerprint density at radius 3 is 2.50 bits per heavy atom. The van der Waals surface area contributed by atoms with E-state index in [-0.39, 0.29) is 12.1 Å². The van der Waals surface area contributed by atoms with Crippen molar-refractivity contribution in [3.8, 4) is 16.9 Å². The molecule has 4 heteroatoms. The Balaban J connectivity index is 1.52. The average molecular weight is 344 g/mol. The van der Waals surface area contributed by atoms with Gasteiger partial charge in [0.15, 0.2) is 0 Å². The van der Waals surface area contributed by atoms with Crippen LogP contribution in [0.2, 0.25) is 0 Å². The van der Waals surface area contributed by atoms with Gasteiger partial charge in [0.1, 0.15) is 5.75 Å². The molecule has 4 nitrogen and oxygen atoms in total. The monoisotopic (exact) mass is 344 g/mol. The lowest BCUT2D eigenvalue weighted by atomic mass is 10.0. The highest BCUT2D eigenvalue weighted by molar-refractivity contribution is 5.94. The summed E-state index contributed by atoms with van der Waals surface area (Å²) in [6.07, 6.45) is 0.755. The third kappa shape index (κ3) is 3.40. The van der Waals surface area contributed by atoms with Crippen LogP contribution in [0.4, 0.5) is 10.5 Å². The van der Waals surface area contributed by atoms with E-state index in [0.29, 0.717) is 6.61 Å². The zero-order valence-corrected chi connectivity index (χ0v) is 14.3. The van der Waals surface area contributed by atoms with E-state index in [2.05, 4.69) is 10.6 Å². The summed E-state index contributed by atoms with van der Waals surface area (Å²) in [4.78, 5) is 12.6. The van der Waals surface area contributed by atoms with E-state index in [1.165, 1.54) is 0 Å². The topological polar surface area (TPSA) is 50.4 Å². The van der Waals surface area contributed by atoms with Gasteiger partial charge in [-0.2, -0.15) is 0 Å². The molecule has 0 fully saturated rings. The van der Waals surface area contributed by atoms with Crippen LogP contribution < -0.4 is 15.4 Å². The largest absolute Gasteiger partial charge is 0.493 e. The molecule has 0 spiro atoms. The molecule has 1 heterocycles. The van der Waals surface area contributed by atoms with E-state index >= 15 is 0 Å². The van der Waals surface area contributed by atoms with Gasteiger partial charge in [-0.05, 0) is 17.7 Å². The molecule has 3 aromatic carbocycles. The summed E-state index contributed by atoms with van der Waals surface area (Å²) >= 11 is 0. The van der Waals surface area contributed by atoms with Gasteiger partial charge in [0.05, 0.1) is 18.3 Å². The van der Waals surface area contributed by atoms with E-state index < -0.39 is 0 Å². The van der Waals surface area contributed by atoms with Crippen LogP contribution in [0.25, 0.3) is 11.1 Å². The number of rotatable bonds is 3. The van der Waals surface area contributed by atoms with Crippen molar-refractivity contribution in [2.24, 2.45) is 0 Å². The van der Waals surface area contributed by atoms with E-state index in [1.54, 1.807) is 0 Å². The number of fused-ring (bicyclic) bond motifs is 1. The number of carbonyl (C=O) groups is 1. The van der Waals surface area contributed by atoms with E-state index in [9.17, 15) is 4.79 Å². The van der Waals surface area contributed by atoms with Crippen molar-refractivity contribution < 1.29 is 9.53 Å². The maximum Gasteiger partial charge on any atom is 0.319 e. The second-order valence-corrected chi connectivity index (χ2v) is 6.24. The number of benzene rings is 3. The Morgan fingerprint density at radius 2 is 1.62 bits per heavy atom. The minimum absolute atomic E-state index is 0.0520. The van der Waals surface area contributed by atoms with Crippen LogP contribution in [-0.4, -0.2) is 12.6 Å². The number of hydrogen-bond acceptors (Lipinski definition) is 2. The van der Waals surface area contributed by atoms with Crippen molar-refractivity contribution in [1.29, 1.82) is 0 Å². The Labute approximate surface area is 152 Å². The fourth-order valence-corrected chi connectivity index (χ4v) is 3.27. The minimum Gasteiger partial charge on any atom is -0.493 e. The fraction of sp³-hybridized carbons (Fsp3) is 0.136. The molecule has 2 amide bonds. The second-order valence-electron chi connectivity index (χ2n) is 6.24. The normalized spacial score (nSPS) is 15.5. The molecule has 2 N–H and O–H groups in total. The molecular formula is C22H20N2O2.